The number of hydrogen-bond donors (Lipinski definition) is 2. The van der Waals surface area contributed by atoms with E-state index in [9.17, 15) is 25.9 Å². The molecular formula is C27H32N2O7S2. The minimum absolute atomic E-state index is 0.164. The molecule has 11 heteroatoms. The molecule has 0 atom stereocenters. The molecule has 0 saturated carbocycles. The van der Waals surface area contributed by atoms with Gasteiger partial charge in [-0.25, -0.2) is 0 Å². The summed E-state index contributed by atoms with van der Waals surface area (Å²) in [6, 6.07) is 14.6. The summed E-state index contributed by atoms with van der Waals surface area (Å²) in [6.45, 7) is 11.3. The van der Waals surface area contributed by atoms with Crippen LogP contribution in [0.15, 0.2) is 64.4 Å². The van der Waals surface area contributed by atoms with Gasteiger partial charge >= 0.3 is 0 Å². The molecule has 2 N–H and O–H groups in total. The van der Waals surface area contributed by atoms with Crippen molar-refractivity contribution in [2.45, 2.75) is 43.4 Å². The number of fused-ring (bicyclic) bond motifs is 2. The second-order valence-corrected chi connectivity index (χ2v) is 11.8. The Morgan fingerprint density at radius 3 is 1.50 bits per heavy atom. The lowest BCUT2D eigenvalue weighted by Gasteiger charge is -2.32. The van der Waals surface area contributed by atoms with Crippen molar-refractivity contribution in [3.05, 3.63) is 71.3 Å². The molecule has 0 aliphatic carbocycles. The Labute approximate surface area is 224 Å². The maximum absolute atomic E-state index is 12.5. The predicted octanol–water partition coefficient (Wildman–Crippen LogP) is 5.16. The van der Waals surface area contributed by atoms with Crippen LogP contribution in [0.1, 0.15) is 50.3 Å². The summed E-state index contributed by atoms with van der Waals surface area (Å²) in [7, 11) is -9.57. The van der Waals surface area contributed by atoms with Crippen molar-refractivity contribution >= 4 is 31.6 Å². The quantitative estimate of drug-likeness (QED) is 0.267. The van der Waals surface area contributed by atoms with E-state index in [4.69, 9.17) is 4.74 Å². The third-order valence-corrected chi connectivity index (χ3v) is 8.72. The largest absolute Gasteiger partial charge is 0.457 e. The Kier molecular flexibility index (Phi) is 7.76. The van der Waals surface area contributed by atoms with Gasteiger partial charge < -0.3 is 14.5 Å². The zero-order valence-electron chi connectivity index (χ0n) is 21.7. The molecule has 0 aromatic heterocycles. The van der Waals surface area contributed by atoms with Crippen LogP contribution in [0.3, 0.4) is 0 Å². The number of benzene rings is 3. The molecule has 0 radical (unpaired) electrons. The van der Waals surface area contributed by atoms with Gasteiger partial charge in [0.1, 0.15) is 11.5 Å². The fraction of sp³-hybridized carbons (Fsp3) is 0.333. The smallest absolute Gasteiger partial charge is 0.294 e. The lowest BCUT2D eigenvalue weighted by molar-refractivity contribution is 0.450. The maximum Gasteiger partial charge on any atom is 0.294 e. The minimum atomic E-state index is -4.86. The Morgan fingerprint density at radius 1 is 0.658 bits per heavy atom. The van der Waals surface area contributed by atoms with Crippen molar-refractivity contribution in [3.63, 3.8) is 0 Å². The van der Waals surface area contributed by atoms with Gasteiger partial charge in [-0.2, -0.15) is 16.8 Å². The minimum Gasteiger partial charge on any atom is -0.457 e. The summed E-state index contributed by atoms with van der Waals surface area (Å²) in [5.74, 6) is 0.366. The summed E-state index contributed by atoms with van der Waals surface area (Å²) in [5.41, 5.74) is 3.36. The monoisotopic (exact) mass is 560 g/mol. The van der Waals surface area contributed by atoms with Crippen LogP contribution in [-0.2, 0) is 20.2 Å². The molecule has 3 aromatic rings. The first kappa shape index (κ1) is 27.9. The molecule has 0 bridgehead atoms. The standard InChI is InChI=1S/C27H32N2O7S2/c1-5-28(6-2)18-9-12-21-24(15-18)36-25-16-19(29(7-3)8-4)10-13-22(25)27(21)23-14-11-20(37(30,31)32)17-26(23)38(33,34)35/h9-17,27H,5-8H2,1-4H3,(H,30,31,32)(H,33,34,35). The Bertz CT molecular complexity index is 1500. The number of anilines is 2. The summed E-state index contributed by atoms with van der Waals surface area (Å²) in [4.78, 5) is 3.09. The molecule has 1 aliphatic rings. The van der Waals surface area contributed by atoms with E-state index in [1.54, 1.807) is 0 Å². The van der Waals surface area contributed by atoms with Crippen LogP contribution in [0.25, 0.3) is 0 Å². The van der Waals surface area contributed by atoms with E-state index < -0.39 is 35.9 Å². The van der Waals surface area contributed by atoms with Crippen LogP contribution in [0, 0.1) is 0 Å². The van der Waals surface area contributed by atoms with Gasteiger partial charge in [0.05, 0.1) is 9.79 Å². The number of rotatable bonds is 9. The zero-order chi connectivity index (χ0) is 27.8. The number of nitrogens with zero attached hydrogens (tertiary/aromatic N) is 2. The summed E-state index contributed by atoms with van der Waals surface area (Å²) in [5, 5.41) is 0. The molecule has 0 unspecified atom stereocenters. The van der Waals surface area contributed by atoms with E-state index in [-0.39, 0.29) is 5.56 Å². The van der Waals surface area contributed by atoms with Gasteiger partial charge in [0.15, 0.2) is 0 Å². The van der Waals surface area contributed by atoms with Crippen molar-refractivity contribution in [1.29, 1.82) is 0 Å². The Hall–Kier alpha value is -3.12. The van der Waals surface area contributed by atoms with Crippen molar-refractivity contribution in [3.8, 4) is 11.5 Å². The molecule has 0 amide bonds. The van der Waals surface area contributed by atoms with Crippen LogP contribution in [0.5, 0.6) is 11.5 Å². The van der Waals surface area contributed by atoms with E-state index in [0.29, 0.717) is 22.6 Å². The first-order chi connectivity index (χ1) is 17.9. The van der Waals surface area contributed by atoms with Crippen molar-refractivity contribution in [2.75, 3.05) is 36.0 Å². The molecule has 0 saturated heterocycles. The molecule has 0 fully saturated rings. The lowest BCUT2D eigenvalue weighted by Crippen LogP contribution is -2.23. The van der Waals surface area contributed by atoms with Gasteiger partial charge in [-0.1, -0.05) is 18.2 Å². The normalized spacial score (nSPS) is 13.4. The molecule has 38 heavy (non-hydrogen) atoms. The van der Waals surface area contributed by atoms with E-state index >= 15 is 0 Å². The highest BCUT2D eigenvalue weighted by atomic mass is 32.2. The second-order valence-electron chi connectivity index (χ2n) is 8.97. The second kappa shape index (κ2) is 10.6. The van der Waals surface area contributed by atoms with Crippen LogP contribution >= 0.6 is 0 Å². The van der Waals surface area contributed by atoms with Crippen LogP contribution in [-0.4, -0.2) is 52.1 Å². The van der Waals surface area contributed by atoms with Crippen LogP contribution in [0.4, 0.5) is 11.4 Å². The van der Waals surface area contributed by atoms with E-state index in [1.165, 1.54) is 6.07 Å². The predicted molar refractivity (Wildman–Crippen MR) is 147 cm³/mol. The van der Waals surface area contributed by atoms with Gasteiger partial charge in [0.25, 0.3) is 20.2 Å². The molecule has 0 spiro atoms. The lowest BCUT2D eigenvalue weighted by atomic mass is 9.82. The van der Waals surface area contributed by atoms with Crippen molar-refractivity contribution in [2.24, 2.45) is 0 Å². The summed E-state index contributed by atoms with van der Waals surface area (Å²) < 4.78 is 74.5. The fourth-order valence-corrected chi connectivity index (χ4v) is 6.37. The number of ether oxygens (including phenoxy) is 1. The maximum atomic E-state index is 12.5. The van der Waals surface area contributed by atoms with Gasteiger partial charge in [-0.3, -0.25) is 9.11 Å². The Balaban J connectivity index is 2.01. The molecule has 3 aromatic carbocycles. The molecule has 1 heterocycles. The van der Waals surface area contributed by atoms with Crippen LogP contribution in [0.2, 0.25) is 0 Å². The highest BCUT2D eigenvalue weighted by Gasteiger charge is 2.34. The molecule has 204 valence electrons. The summed E-state index contributed by atoms with van der Waals surface area (Å²) >= 11 is 0. The van der Waals surface area contributed by atoms with E-state index in [1.807, 2.05) is 64.1 Å². The fourth-order valence-electron chi connectivity index (χ4n) is 5.03. The SMILES string of the molecule is CCN(CC)c1ccc2c(c1)Oc1cc(N(CC)CC)ccc1C2c1ccc(S(=O)(=O)O)cc1S(=O)(=O)O. The molecule has 1 aliphatic heterocycles. The van der Waals surface area contributed by atoms with Gasteiger partial charge in [-0.15, -0.1) is 0 Å². The van der Waals surface area contributed by atoms with Gasteiger partial charge in [-0.05, 0) is 57.5 Å². The highest BCUT2D eigenvalue weighted by Crippen LogP contribution is 2.50. The highest BCUT2D eigenvalue weighted by molar-refractivity contribution is 7.86. The van der Waals surface area contributed by atoms with Gasteiger partial charge in [0.2, 0.25) is 0 Å². The van der Waals surface area contributed by atoms with Crippen molar-refractivity contribution < 1.29 is 30.7 Å². The zero-order valence-corrected chi connectivity index (χ0v) is 23.4. The third-order valence-electron chi connectivity index (χ3n) is 6.97. The molecule has 9 nitrogen and oxygen atoms in total. The van der Waals surface area contributed by atoms with E-state index in [0.717, 1.165) is 49.7 Å². The van der Waals surface area contributed by atoms with E-state index in [2.05, 4.69) is 9.80 Å². The average Bonchev–Trinajstić information content (AvgIpc) is 2.87. The molecule has 4 rings (SSSR count). The summed E-state index contributed by atoms with van der Waals surface area (Å²) in [6.07, 6.45) is 0. The molecular weight excluding hydrogens is 528 g/mol. The van der Waals surface area contributed by atoms with Crippen LogP contribution < -0.4 is 14.5 Å². The van der Waals surface area contributed by atoms with Crippen molar-refractivity contribution in [1.82, 2.24) is 0 Å². The average molecular weight is 561 g/mol. The first-order valence-corrected chi connectivity index (χ1v) is 15.3. The Morgan fingerprint density at radius 2 is 1.11 bits per heavy atom. The first-order valence-electron chi connectivity index (χ1n) is 12.5. The number of hydrogen-bond acceptors (Lipinski definition) is 7. The van der Waals surface area contributed by atoms with Gasteiger partial charge in [0, 0.05) is 66.7 Å². The topological polar surface area (TPSA) is 124 Å². The third kappa shape index (κ3) is 5.24.